The van der Waals surface area contributed by atoms with Crippen molar-refractivity contribution in [1.29, 1.82) is 0 Å². The molecule has 2 aromatic rings. The molecular formula is C19H20N2O4S. The van der Waals surface area contributed by atoms with Crippen LogP contribution in [-0.2, 0) is 0 Å². The summed E-state index contributed by atoms with van der Waals surface area (Å²) < 4.78 is 5.70. The van der Waals surface area contributed by atoms with Crippen molar-refractivity contribution in [2.75, 3.05) is 5.32 Å². The lowest BCUT2D eigenvalue weighted by atomic mass is 10.2. The van der Waals surface area contributed by atoms with Gasteiger partial charge in [-0.25, -0.2) is 4.79 Å². The van der Waals surface area contributed by atoms with Gasteiger partial charge in [-0.1, -0.05) is 25.1 Å². The summed E-state index contributed by atoms with van der Waals surface area (Å²) in [5, 5.41) is 14.5. The molecule has 0 fully saturated rings. The molecule has 0 aliphatic heterocycles. The van der Waals surface area contributed by atoms with Gasteiger partial charge >= 0.3 is 5.97 Å². The summed E-state index contributed by atoms with van der Waals surface area (Å²) in [4.78, 5) is 23.6. The van der Waals surface area contributed by atoms with E-state index in [1.54, 1.807) is 42.5 Å². The van der Waals surface area contributed by atoms with Gasteiger partial charge in [0.2, 0.25) is 0 Å². The number of amides is 1. The monoisotopic (exact) mass is 372 g/mol. The van der Waals surface area contributed by atoms with E-state index < -0.39 is 11.9 Å². The van der Waals surface area contributed by atoms with Gasteiger partial charge in [0, 0.05) is 5.56 Å². The van der Waals surface area contributed by atoms with Gasteiger partial charge < -0.3 is 15.2 Å². The van der Waals surface area contributed by atoms with Crippen molar-refractivity contribution < 1.29 is 19.4 Å². The number of benzene rings is 2. The Kier molecular flexibility index (Phi) is 6.68. The first-order valence-electron chi connectivity index (χ1n) is 8.12. The topological polar surface area (TPSA) is 87.7 Å². The summed E-state index contributed by atoms with van der Waals surface area (Å²) in [6, 6.07) is 13.1. The van der Waals surface area contributed by atoms with Crippen molar-refractivity contribution in [3.8, 4) is 5.75 Å². The van der Waals surface area contributed by atoms with E-state index in [1.165, 1.54) is 6.07 Å². The number of thiocarbonyl (C=S) groups is 1. The number of para-hydroxylation sites is 1. The number of hydrogen-bond donors (Lipinski definition) is 3. The molecule has 0 aliphatic rings. The van der Waals surface area contributed by atoms with E-state index in [4.69, 9.17) is 17.0 Å². The Bertz CT molecular complexity index is 823. The van der Waals surface area contributed by atoms with Crippen molar-refractivity contribution in [3.05, 3.63) is 59.7 Å². The number of carboxylic acid groups (broad SMARTS) is 1. The molecule has 1 atom stereocenters. The zero-order chi connectivity index (χ0) is 19.1. The van der Waals surface area contributed by atoms with Gasteiger partial charge in [-0.2, -0.15) is 0 Å². The second-order valence-electron chi connectivity index (χ2n) is 5.62. The number of hydrogen-bond acceptors (Lipinski definition) is 4. The number of rotatable bonds is 6. The number of carbonyl (C=O) groups is 2. The maximum absolute atomic E-state index is 12.4. The molecule has 0 saturated heterocycles. The summed E-state index contributed by atoms with van der Waals surface area (Å²) in [6.45, 7) is 3.96. The molecule has 0 aromatic heterocycles. The Morgan fingerprint density at radius 3 is 2.62 bits per heavy atom. The molecule has 0 bridgehead atoms. The highest BCUT2D eigenvalue weighted by Crippen LogP contribution is 2.17. The lowest BCUT2D eigenvalue weighted by Crippen LogP contribution is -2.34. The number of carboxylic acids is 1. The van der Waals surface area contributed by atoms with Gasteiger partial charge in [0.15, 0.2) is 5.11 Å². The van der Waals surface area contributed by atoms with Crippen molar-refractivity contribution >= 4 is 34.9 Å². The Labute approximate surface area is 157 Å². The van der Waals surface area contributed by atoms with Gasteiger partial charge in [-0.3, -0.25) is 10.1 Å². The maximum Gasteiger partial charge on any atom is 0.337 e. The summed E-state index contributed by atoms with van der Waals surface area (Å²) in [5.41, 5.74) is 0.758. The molecule has 2 rings (SSSR count). The van der Waals surface area contributed by atoms with Crippen molar-refractivity contribution in [3.63, 3.8) is 0 Å². The highest BCUT2D eigenvalue weighted by atomic mass is 32.1. The van der Waals surface area contributed by atoms with Gasteiger partial charge in [0.05, 0.1) is 17.4 Å². The third-order valence-electron chi connectivity index (χ3n) is 3.64. The minimum absolute atomic E-state index is 0.0111. The Morgan fingerprint density at radius 1 is 1.19 bits per heavy atom. The first kappa shape index (κ1) is 19.4. The van der Waals surface area contributed by atoms with Crippen molar-refractivity contribution in [2.24, 2.45) is 0 Å². The fourth-order valence-electron chi connectivity index (χ4n) is 2.13. The Morgan fingerprint density at radius 2 is 1.92 bits per heavy atom. The number of ether oxygens (including phenoxy) is 1. The largest absolute Gasteiger partial charge is 0.491 e. The molecule has 7 heteroatoms. The molecule has 0 aliphatic carbocycles. The van der Waals surface area contributed by atoms with Crippen LogP contribution >= 0.6 is 12.2 Å². The SMILES string of the molecule is CC[C@H](C)Oc1cccc(C(=O)NC(=S)Nc2ccccc2C(=O)O)c1. The highest BCUT2D eigenvalue weighted by Gasteiger charge is 2.13. The average Bonchev–Trinajstić information content (AvgIpc) is 2.62. The number of anilines is 1. The normalized spacial score (nSPS) is 11.3. The smallest absolute Gasteiger partial charge is 0.337 e. The number of aromatic carboxylic acids is 1. The van der Waals surface area contributed by atoms with Crippen LogP contribution in [0, 0.1) is 0 Å². The maximum atomic E-state index is 12.4. The molecule has 26 heavy (non-hydrogen) atoms. The van der Waals surface area contributed by atoms with Gasteiger partial charge in [-0.05, 0) is 55.9 Å². The fourth-order valence-corrected chi connectivity index (χ4v) is 2.34. The molecule has 0 unspecified atom stereocenters. The predicted octanol–water partition coefficient (Wildman–Crippen LogP) is 3.69. The van der Waals surface area contributed by atoms with Crippen LogP contribution in [0.3, 0.4) is 0 Å². The zero-order valence-electron chi connectivity index (χ0n) is 14.5. The molecule has 2 aromatic carbocycles. The third-order valence-corrected chi connectivity index (χ3v) is 3.85. The van der Waals surface area contributed by atoms with E-state index in [-0.39, 0.29) is 16.8 Å². The zero-order valence-corrected chi connectivity index (χ0v) is 15.3. The van der Waals surface area contributed by atoms with E-state index in [0.717, 1.165) is 6.42 Å². The predicted molar refractivity (Wildman–Crippen MR) is 104 cm³/mol. The summed E-state index contributed by atoms with van der Waals surface area (Å²) in [7, 11) is 0. The first-order valence-corrected chi connectivity index (χ1v) is 8.53. The van der Waals surface area contributed by atoms with Gasteiger partial charge in [-0.15, -0.1) is 0 Å². The van der Waals surface area contributed by atoms with E-state index >= 15 is 0 Å². The van der Waals surface area contributed by atoms with Crippen LogP contribution in [0.1, 0.15) is 41.0 Å². The summed E-state index contributed by atoms with van der Waals surface area (Å²) in [5.74, 6) is -0.899. The van der Waals surface area contributed by atoms with E-state index in [9.17, 15) is 14.7 Å². The lowest BCUT2D eigenvalue weighted by molar-refractivity contribution is 0.0697. The summed E-state index contributed by atoms with van der Waals surface area (Å²) >= 11 is 5.11. The van der Waals surface area contributed by atoms with E-state index in [0.29, 0.717) is 17.0 Å². The van der Waals surface area contributed by atoms with E-state index in [2.05, 4.69) is 10.6 Å². The Balaban J connectivity index is 2.05. The average molecular weight is 372 g/mol. The van der Waals surface area contributed by atoms with Crippen molar-refractivity contribution in [1.82, 2.24) is 5.32 Å². The quantitative estimate of drug-likeness (QED) is 0.671. The molecule has 3 N–H and O–H groups in total. The molecule has 0 saturated carbocycles. The molecule has 0 heterocycles. The van der Waals surface area contributed by atoms with Gasteiger partial charge in [0.25, 0.3) is 5.91 Å². The Hall–Kier alpha value is -2.93. The third kappa shape index (κ3) is 5.29. The molecule has 0 radical (unpaired) electrons. The molecule has 0 spiro atoms. The highest BCUT2D eigenvalue weighted by molar-refractivity contribution is 7.80. The molecule has 1 amide bonds. The van der Waals surface area contributed by atoms with Crippen LogP contribution in [0.4, 0.5) is 5.69 Å². The minimum Gasteiger partial charge on any atom is -0.491 e. The van der Waals surface area contributed by atoms with E-state index in [1.807, 2.05) is 13.8 Å². The molecule has 136 valence electrons. The lowest BCUT2D eigenvalue weighted by Gasteiger charge is -2.14. The molecule has 6 nitrogen and oxygen atoms in total. The van der Waals surface area contributed by atoms with Crippen LogP contribution in [0.15, 0.2) is 48.5 Å². The molecular weight excluding hydrogens is 352 g/mol. The standard InChI is InChI=1S/C19H20N2O4S/c1-3-12(2)25-14-8-6-7-13(11-14)17(22)21-19(26)20-16-10-5-4-9-15(16)18(23)24/h4-12H,3H2,1-2H3,(H,23,24)(H2,20,21,22,26)/t12-/m0/s1. The second kappa shape index (κ2) is 8.96. The number of carbonyl (C=O) groups excluding carboxylic acids is 1. The second-order valence-corrected chi connectivity index (χ2v) is 6.03. The van der Waals surface area contributed by atoms with Crippen LogP contribution < -0.4 is 15.4 Å². The number of nitrogens with one attached hydrogen (secondary N) is 2. The van der Waals surface area contributed by atoms with Crippen molar-refractivity contribution in [2.45, 2.75) is 26.4 Å². The minimum atomic E-state index is -1.09. The van der Waals surface area contributed by atoms with Crippen LogP contribution in [0.25, 0.3) is 0 Å². The van der Waals surface area contributed by atoms with Crippen LogP contribution in [0.5, 0.6) is 5.75 Å². The van der Waals surface area contributed by atoms with Gasteiger partial charge in [0.1, 0.15) is 5.75 Å². The summed E-state index contributed by atoms with van der Waals surface area (Å²) in [6.07, 6.45) is 0.900. The fraction of sp³-hybridized carbons (Fsp3) is 0.211. The van der Waals surface area contributed by atoms with Crippen LogP contribution in [-0.4, -0.2) is 28.2 Å². The van der Waals surface area contributed by atoms with Crippen LogP contribution in [0.2, 0.25) is 0 Å². The first-order chi connectivity index (χ1) is 12.4.